The Morgan fingerprint density at radius 3 is 1.97 bits per heavy atom. The predicted octanol–water partition coefficient (Wildman–Crippen LogP) is 2.47. The van der Waals surface area contributed by atoms with E-state index in [0.29, 0.717) is 11.1 Å². The first-order valence-electron chi connectivity index (χ1n) is 10.9. The molecule has 0 bridgehead atoms. The van der Waals surface area contributed by atoms with Gasteiger partial charge in [-0.3, -0.25) is 0 Å². The third kappa shape index (κ3) is 5.54. The van der Waals surface area contributed by atoms with E-state index in [2.05, 4.69) is 4.72 Å². The van der Waals surface area contributed by atoms with E-state index in [-0.39, 0.29) is 40.8 Å². The molecule has 1 heterocycles. The third-order valence-corrected chi connectivity index (χ3v) is 11.9. The fourth-order valence-electron chi connectivity index (χ4n) is 4.33. The molecule has 34 heavy (non-hydrogen) atoms. The molecule has 3 rings (SSSR count). The molecule has 1 fully saturated rings. The molecule has 0 spiro atoms. The maximum atomic E-state index is 13.8. The van der Waals surface area contributed by atoms with Crippen LogP contribution >= 0.6 is 0 Å². The minimum absolute atomic E-state index is 0.0930. The van der Waals surface area contributed by atoms with E-state index in [1.807, 2.05) is 6.07 Å². The van der Waals surface area contributed by atoms with Crippen LogP contribution in [0.5, 0.6) is 0 Å². The van der Waals surface area contributed by atoms with E-state index >= 15 is 0 Å². The van der Waals surface area contributed by atoms with Crippen LogP contribution in [0.2, 0.25) is 0 Å². The lowest BCUT2D eigenvalue weighted by Crippen LogP contribution is -2.53. The average molecular weight is 529 g/mol. The van der Waals surface area contributed by atoms with Crippen molar-refractivity contribution in [1.29, 1.82) is 0 Å². The van der Waals surface area contributed by atoms with Crippen LogP contribution in [0.4, 0.5) is 0 Å². The predicted molar refractivity (Wildman–Crippen MR) is 133 cm³/mol. The maximum Gasteiger partial charge on any atom is 0.243 e. The zero-order valence-electron chi connectivity index (χ0n) is 20.1. The summed E-state index contributed by atoms with van der Waals surface area (Å²) in [5.74, 6) is -0.426. The largest absolute Gasteiger partial charge is 0.243 e. The summed E-state index contributed by atoms with van der Waals surface area (Å²) in [6, 6.07) is 10.2. The van der Waals surface area contributed by atoms with Gasteiger partial charge in [0.15, 0.2) is 9.84 Å². The number of aryl methyl sites for hydroxylation is 4. The zero-order chi connectivity index (χ0) is 25.5. The van der Waals surface area contributed by atoms with Crippen molar-refractivity contribution >= 4 is 29.9 Å². The number of hydrogen-bond donors (Lipinski definition) is 1. The summed E-state index contributed by atoms with van der Waals surface area (Å²) < 4.78 is 81.7. The number of nitrogens with one attached hydrogen (secondary N) is 1. The van der Waals surface area contributed by atoms with Crippen LogP contribution in [-0.4, -0.2) is 59.7 Å². The Labute approximate surface area is 203 Å². The highest BCUT2D eigenvalue weighted by Crippen LogP contribution is 2.35. The van der Waals surface area contributed by atoms with E-state index in [9.17, 15) is 25.3 Å². The molecule has 1 saturated heterocycles. The van der Waals surface area contributed by atoms with Gasteiger partial charge in [0.2, 0.25) is 20.0 Å². The molecule has 1 atom stereocenters. The average Bonchev–Trinajstić information content (AvgIpc) is 3.01. The topological polar surface area (TPSA) is 118 Å². The Hall–Kier alpha value is -1.79. The van der Waals surface area contributed by atoms with Gasteiger partial charge in [-0.05, 0) is 75.4 Å². The normalized spacial score (nSPS) is 20.6. The Morgan fingerprint density at radius 2 is 1.44 bits per heavy atom. The summed E-state index contributed by atoms with van der Waals surface area (Å²) in [5.41, 5.74) is 1.47. The summed E-state index contributed by atoms with van der Waals surface area (Å²) in [6.45, 7) is 8.15. The Balaban J connectivity index is 1.96. The van der Waals surface area contributed by atoms with Gasteiger partial charge >= 0.3 is 0 Å². The van der Waals surface area contributed by atoms with Crippen LogP contribution in [0.3, 0.4) is 0 Å². The first kappa shape index (κ1) is 26.8. The molecule has 11 heteroatoms. The smallest absolute Gasteiger partial charge is 0.229 e. The zero-order valence-corrected chi connectivity index (χ0v) is 22.6. The number of sulfonamides is 2. The van der Waals surface area contributed by atoms with Gasteiger partial charge in [-0.2, -0.15) is 4.31 Å². The second-order valence-electron chi connectivity index (χ2n) is 9.35. The summed E-state index contributed by atoms with van der Waals surface area (Å²) in [7, 11) is -11.4. The van der Waals surface area contributed by atoms with E-state index in [1.165, 1.54) is 0 Å². The van der Waals surface area contributed by atoms with Crippen LogP contribution in [0.1, 0.15) is 35.6 Å². The first-order valence-corrected chi connectivity index (χ1v) is 15.7. The summed E-state index contributed by atoms with van der Waals surface area (Å²) in [4.78, 5) is 0.224. The monoisotopic (exact) mass is 528 g/mol. The van der Waals surface area contributed by atoms with Crippen molar-refractivity contribution < 1.29 is 25.3 Å². The van der Waals surface area contributed by atoms with Gasteiger partial charge in [-0.1, -0.05) is 24.3 Å². The van der Waals surface area contributed by atoms with E-state index in [0.717, 1.165) is 15.4 Å². The molecular weight excluding hydrogens is 496 g/mol. The second-order valence-corrected chi connectivity index (χ2v) is 15.1. The number of hydrogen-bond acceptors (Lipinski definition) is 6. The molecule has 0 saturated carbocycles. The van der Waals surface area contributed by atoms with Crippen LogP contribution in [-0.2, 0) is 29.9 Å². The van der Waals surface area contributed by atoms with Gasteiger partial charge in [-0.15, -0.1) is 0 Å². The van der Waals surface area contributed by atoms with Crippen LogP contribution < -0.4 is 4.72 Å². The van der Waals surface area contributed by atoms with Gasteiger partial charge < -0.3 is 0 Å². The summed E-state index contributed by atoms with van der Waals surface area (Å²) >= 11 is 0. The minimum atomic E-state index is -4.11. The molecule has 8 nitrogen and oxygen atoms in total. The highest BCUT2D eigenvalue weighted by Gasteiger charge is 2.48. The number of benzene rings is 2. The quantitative estimate of drug-likeness (QED) is 0.562. The third-order valence-electron chi connectivity index (χ3n) is 6.24. The van der Waals surface area contributed by atoms with Crippen molar-refractivity contribution in [2.75, 3.05) is 24.6 Å². The van der Waals surface area contributed by atoms with Gasteiger partial charge in [0.05, 0.1) is 21.3 Å². The van der Waals surface area contributed by atoms with Crippen molar-refractivity contribution in [2.45, 2.75) is 56.4 Å². The summed E-state index contributed by atoms with van der Waals surface area (Å²) in [5, 5.41) is 0. The van der Waals surface area contributed by atoms with Gasteiger partial charge in [0.1, 0.15) is 0 Å². The van der Waals surface area contributed by atoms with Crippen molar-refractivity contribution in [3.63, 3.8) is 0 Å². The van der Waals surface area contributed by atoms with E-state index in [1.54, 1.807) is 65.0 Å². The number of sulfone groups is 1. The Morgan fingerprint density at radius 1 is 0.912 bits per heavy atom. The van der Waals surface area contributed by atoms with Gasteiger partial charge in [0.25, 0.3) is 0 Å². The number of nitrogens with zero attached hydrogens (tertiary/aromatic N) is 1. The maximum absolute atomic E-state index is 13.8. The molecule has 0 aromatic heterocycles. The highest BCUT2D eigenvalue weighted by atomic mass is 32.2. The van der Waals surface area contributed by atoms with Gasteiger partial charge in [-0.25, -0.2) is 30.0 Å². The summed E-state index contributed by atoms with van der Waals surface area (Å²) in [6.07, 6.45) is 0.142. The fourth-order valence-corrected chi connectivity index (χ4v) is 10.0. The number of rotatable bonds is 8. The Bertz CT molecular complexity index is 1420. The van der Waals surface area contributed by atoms with Crippen LogP contribution in [0.15, 0.2) is 46.2 Å². The molecule has 188 valence electrons. The molecular formula is C23H32N2O6S3. The van der Waals surface area contributed by atoms with Crippen LogP contribution in [0, 0.1) is 27.7 Å². The lowest BCUT2D eigenvalue weighted by atomic mass is 10.0. The SMILES string of the molecule is Cc1ccc(C)c(S(=O)(=O)NCCN([C@]2(C)CCS(=O)(=O)C2)S(=O)(=O)c2cc(C)ccc2C)c1. The lowest BCUT2D eigenvalue weighted by molar-refractivity contribution is 0.236. The van der Waals surface area contributed by atoms with Gasteiger partial charge in [0, 0.05) is 18.6 Å². The standard InChI is InChI=1S/C23H32N2O6S3/c1-17-6-8-19(3)21(14-17)33(28,29)24-11-12-25(23(5)10-13-32(26,27)16-23)34(30,31)22-15-18(2)7-9-20(22)4/h6-9,14-15,24H,10-13,16H2,1-5H3/t23-/m1/s1. The highest BCUT2D eigenvalue weighted by molar-refractivity contribution is 7.92. The van der Waals surface area contributed by atoms with Crippen molar-refractivity contribution in [3.8, 4) is 0 Å². The lowest BCUT2D eigenvalue weighted by Gasteiger charge is -2.37. The van der Waals surface area contributed by atoms with Crippen molar-refractivity contribution in [3.05, 3.63) is 58.7 Å². The molecule has 2 aromatic carbocycles. The second kappa shape index (κ2) is 9.34. The van der Waals surface area contributed by atoms with Crippen LogP contribution in [0.25, 0.3) is 0 Å². The van der Waals surface area contributed by atoms with E-state index < -0.39 is 35.4 Å². The molecule has 0 aliphatic carbocycles. The molecule has 1 aliphatic rings. The molecule has 0 unspecified atom stereocenters. The Kier molecular flexibility index (Phi) is 7.37. The molecule has 0 amide bonds. The fraction of sp³-hybridized carbons (Fsp3) is 0.478. The van der Waals surface area contributed by atoms with Crippen molar-refractivity contribution in [1.82, 2.24) is 9.03 Å². The first-order chi connectivity index (χ1) is 15.6. The van der Waals surface area contributed by atoms with Crippen molar-refractivity contribution in [2.24, 2.45) is 0 Å². The molecule has 1 N–H and O–H groups in total. The molecule has 2 aromatic rings. The molecule has 0 radical (unpaired) electrons. The van der Waals surface area contributed by atoms with E-state index in [4.69, 9.17) is 0 Å². The molecule has 1 aliphatic heterocycles. The minimum Gasteiger partial charge on any atom is -0.229 e.